The van der Waals surface area contributed by atoms with Gasteiger partial charge in [0.2, 0.25) is 0 Å². The molecule has 1 fully saturated rings. The summed E-state index contributed by atoms with van der Waals surface area (Å²) >= 11 is 0. The Hall–Kier alpha value is -1.17. The van der Waals surface area contributed by atoms with Gasteiger partial charge in [-0.3, -0.25) is 4.90 Å². The highest BCUT2D eigenvalue weighted by Gasteiger charge is 2.16. The molecule has 2 N–H and O–H groups in total. The fourth-order valence-corrected chi connectivity index (χ4v) is 2.55. The summed E-state index contributed by atoms with van der Waals surface area (Å²) in [5.74, 6) is 0.0203. The van der Waals surface area contributed by atoms with Gasteiger partial charge in [0.05, 0.1) is 7.11 Å². The molecule has 0 atom stereocenters. The average Bonchev–Trinajstić information content (AvgIpc) is 2.47. The summed E-state index contributed by atoms with van der Waals surface area (Å²) in [4.78, 5) is 4.80. The number of nitrogens with zero attached hydrogens (tertiary/aromatic N) is 2. The number of ether oxygens (including phenoxy) is 1. The van der Waals surface area contributed by atoms with E-state index in [4.69, 9.17) is 10.5 Å². The molecule has 1 aliphatic heterocycles. The first-order valence-corrected chi connectivity index (χ1v) is 7.20. The first kappa shape index (κ1) is 15.2. The number of piperazine rings is 1. The quantitative estimate of drug-likeness (QED) is 0.853. The molecule has 4 nitrogen and oxygen atoms in total. The van der Waals surface area contributed by atoms with Crippen molar-refractivity contribution in [2.45, 2.75) is 13.0 Å². The summed E-state index contributed by atoms with van der Waals surface area (Å²) < 4.78 is 18.6. The van der Waals surface area contributed by atoms with Gasteiger partial charge in [0, 0.05) is 32.7 Å². The van der Waals surface area contributed by atoms with E-state index in [9.17, 15) is 4.39 Å². The Bertz CT molecular complexity index is 420. The van der Waals surface area contributed by atoms with Gasteiger partial charge < -0.3 is 15.4 Å². The normalized spacial score (nSPS) is 17.4. The van der Waals surface area contributed by atoms with Crippen molar-refractivity contribution in [3.63, 3.8) is 0 Å². The van der Waals surface area contributed by atoms with Gasteiger partial charge in [-0.1, -0.05) is 6.07 Å². The maximum absolute atomic E-state index is 13.6. The van der Waals surface area contributed by atoms with Crippen LogP contribution in [-0.2, 0) is 6.54 Å². The largest absolute Gasteiger partial charge is 0.494 e. The van der Waals surface area contributed by atoms with Crippen LogP contribution in [0.25, 0.3) is 0 Å². The van der Waals surface area contributed by atoms with Gasteiger partial charge in [-0.05, 0) is 37.2 Å². The van der Waals surface area contributed by atoms with E-state index in [0.29, 0.717) is 5.75 Å². The smallest absolute Gasteiger partial charge is 0.165 e. The second-order valence-electron chi connectivity index (χ2n) is 5.23. The van der Waals surface area contributed by atoms with Crippen molar-refractivity contribution in [1.82, 2.24) is 9.80 Å². The Morgan fingerprint density at radius 2 is 1.90 bits per heavy atom. The molecule has 0 spiro atoms. The zero-order chi connectivity index (χ0) is 14.4. The molecule has 1 aliphatic rings. The van der Waals surface area contributed by atoms with Crippen molar-refractivity contribution in [3.8, 4) is 5.75 Å². The monoisotopic (exact) mass is 281 g/mol. The summed E-state index contributed by atoms with van der Waals surface area (Å²) in [6.07, 6.45) is 1.06. The molecule has 1 aromatic rings. The Labute approximate surface area is 120 Å². The van der Waals surface area contributed by atoms with Crippen LogP contribution in [0.4, 0.5) is 4.39 Å². The van der Waals surface area contributed by atoms with Crippen LogP contribution in [0, 0.1) is 5.82 Å². The van der Waals surface area contributed by atoms with Crippen molar-refractivity contribution in [2.24, 2.45) is 5.73 Å². The molecule has 5 heteroatoms. The van der Waals surface area contributed by atoms with Crippen LogP contribution in [0.5, 0.6) is 5.75 Å². The third-order valence-corrected chi connectivity index (χ3v) is 3.77. The molecule has 2 rings (SSSR count). The van der Waals surface area contributed by atoms with E-state index >= 15 is 0 Å². The zero-order valence-electron chi connectivity index (χ0n) is 12.1. The Morgan fingerprint density at radius 3 is 2.50 bits per heavy atom. The second kappa shape index (κ2) is 7.57. The molecule has 112 valence electrons. The standard InChI is InChI=1S/C15H24FN3O/c1-20-15-4-3-13(11-14(15)16)12-19-9-7-18(8-10-19)6-2-5-17/h3-4,11H,2,5-10,12,17H2,1H3. The van der Waals surface area contributed by atoms with E-state index in [1.54, 1.807) is 12.1 Å². The first-order chi connectivity index (χ1) is 9.72. The van der Waals surface area contributed by atoms with Crippen LogP contribution in [0.2, 0.25) is 0 Å². The molecule has 1 aromatic carbocycles. The number of methoxy groups -OCH3 is 1. The van der Waals surface area contributed by atoms with E-state index in [0.717, 1.165) is 57.8 Å². The lowest BCUT2D eigenvalue weighted by molar-refractivity contribution is 0.126. The van der Waals surface area contributed by atoms with E-state index in [1.165, 1.54) is 7.11 Å². The van der Waals surface area contributed by atoms with E-state index in [-0.39, 0.29) is 5.82 Å². The van der Waals surface area contributed by atoms with Gasteiger partial charge in [-0.25, -0.2) is 4.39 Å². The zero-order valence-corrected chi connectivity index (χ0v) is 12.1. The summed E-state index contributed by atoms with van der Waals surface area (Å²) in [6, 6.07) is 5.20. The molecule has 1 heterocycles. The highest BCUT2D eigenvalue weighted by atomic mass is 19.1. The van der Waals surface area contributed by atoms with E-state index in [2.05, 4.69) is 9.80 Å². The minimum Gasteiger partial charge on any atom is -0.494 e. The van der Waals surface area contributed by atoms with Gasteiger partial charge in [-0.15, -0.1) is 0 Å². The van der Waals surface area contributed by atoms with Gasteiger partial charge in [-0.2, -0.15) is 0 Å². The lowest BCUT2D eigenvalue weighted by atomic mass is 10.1. The van der Waals surface area contributed by atoms with E-state index in [1.807, 2.05) is 6.07 Å². The maximum Gasteiger partial charge on any atom is 0.165 e. The van der Waals surface area contributed by atoms with Crippen LogP contribution in [-0.4, -0.2) is 56.2 Å². The van der Waals surface area contributed by atoms with Crippen molar-refractivity contribution < 1.29 is 9.13 Å². The van der Waals surface area contributed by atoms with Crippen molar-refractivity contribution in [3.05, 3.63) is 29.6 Å². The lowest BCUT2D eigenvalue weighted by Crippen LogP contribution is -2.46. The third kappa shape index (κ3) is 4.16. The first-order valence-electron chi connectivity index (χ1n) is 7.20. The Kier molecular flexibility index (Phi) is 5.76. The predicted octanol–water partition coefficient (Wildman–Crippen LogP) is 1.30. The van der Waals surface area contributed by atoms with Crippen LogP contribution < -0.4 is 10.5 Å². The average molecular weight is 281 g/mol. The van der Waals surface area contributed by atoms with Gasteiger partial charge in [0.1, 0.15) is 0 Å². The maximum atomic E-state index is 13.6. The molecule has 1 saturated heterocycles. The molecule has 0 bridgehead atoms. The van der Waals surface area contributed by atoms with E-state index < -0.39 is 0 Å². The fraction of sp³-hybridized carbons (Fsp3) is 0.600. The van der Waals surface area contributed by atoms with Gasteiger partial charge >= 0.3 is 0 Å². The van der Waals surface area contributed by atoms with Crippen molar-refractivity contribution >= 4 is 0 Å². The van der Waals surface area contributed by atoms with Crippen LogP contribution in [0.1, 0.15) is 12.0 Å². The molecule has 0 unspecified atom stereocenters. The number of benzene rings is 1. The molecule has 0 aromatic heterocycles. The van der Waals surface area contributed by atoms with Crippen LogP contribution in [0.15, 0.2) is 18.2 Å². The summed E-state index contributed by atoms with van der Waals surface area (Å²) in [5.41, 5.74) is 6.53. The van der Waals surface area contributed by atoms with Crippen molar-refractivity contribution in [1.29, 1.82) is 0 Å². The summed E-state index contributed by atoms with van der Waals surface area (Å²) in [6.45, 7) is 6.83. The molecule has 0 aliphatic carbocycles. The van der Waals surface area contributed by atoms with Crippen molar-refractivity contribution in [2.75, 3.05) is 46.4 Å². The third-order valence-electron chi connectivity index (χ3n) is 3.77. The molecular weight excluding hydrogens is 257 g/mol. The number of hydrogen-bond donors (Lipinski definition) is 1. The van der Waals surface area contributed by atoms with Gasteiger partial charge in [0.15, 0.2) is 11.6 Å². The molecule has 0 amide bonds. The number of halogens is 1. The Morgan fingerprint density at radius 1 is 1.20 bits per heavy atom. The minimum atomic E-state index is -0.286. The topological polar surface area (TPSA) is 41.7 Å². The number of hydrogen-bond acceptors (Lipinski definition) is 4. The highest BCUT2D eigenvalue weighted by Crippen LogP contribution is 2.19. The fourth-order valence-electron chi connectivity index (χ4n) is 2.55. The highest BCUT2D eigenvalue weighted by molar-refractivity contribution is 5.29. The van der Waals surface area contributed by atoms with Crippen LogP contribution in [0.3, 0.4) is 0 Å². The van der Waals surface area contributed by atoms with Gasteiger partial charge in [0.25, 0.3) is 0 Å². The molecular formula is C15H24FN3O. The summed E-state index contributed by atoms with van der Waals surface area (Å²) in [7, 11) is 1.48. The summed E-state index contributed by atoms with van der Waals surface area (Å²) in [5, 5.41) is 0. The lowest BCUT2D eigenvalue weighted by Gasteiger charge is -2.34. The molecule has 20 heavy (non-hydrogen) atoms. The predicted molar refractivity (Wildman–Crippen MR) is 78.3 cm³/mol. The number of nitrogens with two attached hydrogens (primary N) is 1. The SMILES string of the molecule is COc1ccc(CN2CCN(CCCN)CC2)cc1F. The molecule has 0 saturated carbocycles. The Balaban J connectivity index is 1.82. The minimum absolute atomic E-state index is 0.286. The second-order valence-corrected chi connectivity index (χ2v) is 5.23. The van der Waals surface area contributed by atoms with Crippen LogP contribution >= 0.6 is 0 Å². The number of rotatable bonds is 6. The molecule has 0 radical (unpaired) electrons.